The quantitative estimate of drug-likeness (QED) is 0.308. The van der Waals surface area contributed by atoms with Crippen LogP contribution in [0.25, 0.3) is 0 Å². The first-order valence-electron chi connectivity index (χ1n) is 7.24. The van der Waals surface area contributed by atoms with Crippen molar-refractivity contribution in [3.8, 4) is 0 Å². The molecule has 0 heterocycles. The zero-order valence-electron chi connectivity index (χ0n) is 12.4. The van der Waals surface area contributed by atoms with E-state index in [1.165, 1.54) is 6.92 Å². The molecule has 0 rings (SSSR count). The van der Waals surface area contributed by atoms with Crippen LogP contribution in [-0.4, -0.2) is 41.5 Å². The largest absolute Gasteiger partial charge is 0.461 e. The zero-order chi connectivity index (χ0) is 15.4. The van der Waals surface area contributed by atoms with Gasteiger partial charge in [0.05, 0.1) is 0 Å². The molecule has 2 N–H and O–H groups in total. The van der Waals surface area contributed by atoms with Gasteiger partial charge in [0.15, 0.2) is 0 Å². The Morgan fingerprint density at radius 3 is 2.40 bits per heavy atom. The van der Waals surface area contributed by atoms with Crippen LogP contribution in [0, 0.1) is 0 Å². The molecule has 0 aliphatic rings. The molecule has 0 saturated heterocycles. The summed E-state index contributed by atoms with van der Waals surface area (Å²) in [5.74, 6) is -0.520. The van der Waals surface area contributed by atoms with E-state index in [0.717, 1.165) is 25.7 Å². The first-order chi connectivity index (χ1) is 9.54. The molecule has 0 aliphatic carbocycles. The van der Waals surface area contributed by atoms with Crippen LogP contribution in [0.15, 0.2) is 0 Å². The summed E-state index contributed by atoms with van der Waals surface area (Å²) < 4.78 is 5.44. The third kappa shape index (κ3) is 9.20. The SMILES string of the molecule is CCCCCC(CCCO)OC(=O)[C@H](CS)NC(C)=O. The Kier molecular flexibility index (Phi) is 11.6. The molecule has 5 nitrogen and oxygen atoms in total. The minimum atomic E-state index is -0.710. The highest BCUT2D eigenvalue weighted by Crippen LogP contribution is 2.13. The van der Waals surface area contributed by atoms with E-state index in [0.29, 0.717) is 12.8 Å². The number of aliphatic hydroxyl groups is 1. The van der Waals surface area contributed by atoms with E-state index in [9.17, 15) is 9.59 Å². The molecular weight excluding hydrogens is 278 g/mol. The average Bonchev–Trinajstić information content (AvgIpc) is 2.41. The molecule has 0 saturated carbocycles. The number of aliphatic hydroxyl groups excluding tert-OH is 1. The smallest absolute Gasteiger partial charge is 0.329 e. The number of carbonyl (C=O) groups excluding carboxylic acids is 2. The summed E-state index contributed by atoms with van der Waals surface area (Å²) in [6, 6.07) is -0.710. The number of esters is 1. The minimum Gasteiger partial charge on any atom is -0.461 e. The Labute approximate surface area is 126 Å². The van der Waals surface area contributed by atoms with E-state index in [1.807, 2.05) is 0 Å². The summed E-state index contributed by atoms with van der Waals surface area (Å²) in [4.78, 5) is 23.0. The van der Waals surface area contributed by atoms with Gasteiger partial charge in [-0.05, 0) is 25.7 Å². The van der Waals surface area contributed by atoms with Crippen LogP contribution in [0.5, 0.6) is 0 Å². The first kappa shape index (κ1) is 19.2. The summed E-state index contributed by atoms with van der Waals surface area (Å²) in [6.07, 6.45) is 5.03. The van der Waals surface area contributed by atoms with Gasteiger partial charge in [-0.15, -0.1) is 0 Å². The Bertz CT molecular complexity index is 286. The van der Waals surface area contributed by atoms with Crippen molar-refractivity contribution in [2.75, 3.05) is 12.4 Å². The Morgan fingerprint density at radius 2 is 1.90 bits per heavy atom. The second kappa shape index (κ2) is 12.0. The van der Waals surface area contributed by atoms with Crippen LogP contribution in [0.2, 0.25) is 0 Å². The van der Waals surface area contributed by atoms with Gasteiger partial charge in [0.25, 0.3) is 0 Å². The van der Waals surface area contributed by atoms with Crippen molar-refractivity contribution >= 4 is 24.5 Å². The van der Waals surface area contributed by atoms with E-state index in [4.69, 9.17) is 9.84 Å². The minimum absolute atomic E-state index is 0.0868. The molecule has 1 unspecified atom stereocenters. The predicted octanol–water partition coefficient (Wildman–Crippen LogP) is 1.69. The fraction of sp³-hybridized carbons (Fsp3) is 0.857. The molecule has 0 aromatic carbocycles. The van der Waals surface area contributed by atoms with Crippen LogP contribution in [-0.2, 0) is 14.3 Å². The normalized spacial score (nSPS) is 13.6. The van der Waals surface area contributed by atoms with Crippen molar-refractivity contribution < 1.29 is 19.4 Å². The maximum atomic E-state index is 12.0. The second-order valence-corrected chi connectivity index (χ2v) is 5.22. The number of nitrogens with one attached hydrogen (secondary N) is 1. The van der Waals surface area contributed by atoms with Gasteiger partial charge in [0.2, 0.25) is 5.91 Å². The average molecular weight is 305 g/mol. The number of thiol groups is 1. The second-order valence-electron chi connectivity index (χ2n) is 4.86. The van der Waals surface area contributed by atoms with Gasteiger partial charge < -0.3 is 15.2 Å². The maximum absolute atomic E-state index is 12.0. The van der Waals surface area contributed by atoms with Crippen molar-refractivity contribution in [2.45, 2.75) is 64.5 Å². The van der Waals surface area contributed by atoms with Gasteiger partial charge in [-0.25, -0.2) is 4.79 Å². The number of hydrogen-bond acceptors (Lipinski definition) is 5. The standard InChI is InChI=1S/C14H27NO4S/c1-3-4-5-7-12(8-6-9-16)19-14(18)13(10-20)15-11(2)17/h12-13,16,20H,3-10H2,1-2H3,(H,15,17)/t12?,13-/m0/s1. The summed E-state index contributed by atoms with van der Waals surface area (Å²) in [7, 11) is 0. The van der Waals surface area contributed by atoms with Crippen LogP contribution in [0.1, 0.15) is 52.4 Å². The molecule has 6 heteroatoms. The van der Waals surface area contributed by atoms with Gasteiger partial charge in [-0.1, -0.05) is 19.8 Å². The van der Waals surface area contributed by atoms with E-state index >= 15 is 0 Å². The zero-order valence-corrected chi connectivity index (χ0v) is 13.3. The molecule has 20 heavy (non-hydrogen) atoms. The Balaban J connectivity index is 4.35. The fourth-order valence-electron chi connectivity index (χ4n) is 1.87. The summed E-state index contributed by atoms with van der Waals surface area (Å²) in [6.45, 7) is 3.56. The van der Waals surface area contributed by atoms with Gasteiger partial charge >= 0.3 is 5.97 Å². The molecule has 0 radical (unpaired) electrons. The lowest BCUT2D eigenvalue weighted by Crippen LogP contribution is -2.43. The van der Waals surface area contributed by atoms with Gasteiger partial charge in [-0.3, -0.25) is 4.79 Å². The van der Waals surface area contributed by atoms with Gasteiger partial charge in [0.1, 0.15) is 12.1 Å². The molecule has 0 aromatic rings. The summed E-state index contributed by atoms with van der Waals surface area (Å²) in [5.41, 5.74) is 0. The molecule has 0 aliphatic heterocycles. The first-order valence-corrected chi connectivity index (χ1v) is 7.87. The monoisotopic (exact) mass is 305 g/mol. The number of amides is 1. The molecule has 1 amide bonds. The third-order valence-electron chi connectivity index (χ3n) is 2.94. The summed E-state index contributed by atoms with van der Waals surface area (Å²) >= 11 is 4.05. The number of carbonyl (C=O) groups is 2. The fourth-order valence-corrected chi connectivity index (χ4v) is 2.11. The highest BCUT2D eigenvalue weighted by molar-refractivity contribution is 7.80. The Hall–Kier alpha value is -0.750. The van der Waals surface area contributed by atoms with E-state index in [1.54, 1.807) is 0 Å². The third-order valence-corrected chi connectivity index (χ3v) is 3.31. The maximum Gasteiger partial charge on any atom is 0.329 e. The van der Waals surface area contributed by atoms with Crippen molar-refractivity contribution in [3.05, 3.63) is 0 Å². The topological polar surface area (TPSA) is 75.6 Å². The van der Waals surface area contributed by atoms with E-state index < -0.39 is 12.0 Å². The number of unbranched alkanes of at least 4 members (excludes halogenated alkanes) is 2. The van der Waals surface area contributed by atoms with E-state index in [2.05, 4.69) is 24.9 Å². The molecule has 0 bridgehead atoms. The van der Waals surface area contributed by atoms with Crippen LogP contribution in [0.4, 0.5) is 0 Å². The van der Waals surface area contributed by atoms with Crippen LogP contribution >= 0.6 is 12.6 Å². The highest BCUT2D eigenvalue weighted by atomic mass is 32.1. The predicted molar refractivity (Wildman–Crippen MR) is 81.8 cm³/mol. The lowest BCUT2D eigenvalue weighted by molar-refractivity contribution is -0.153. The number of rotatable bonds is 11. The van der Waals surface area contributed by atoms with Crippen molar-refractivity contribution in [1.29, 1.82) is 0 Å². The molecule has 0 spiro atoms. The number of ether oxygens (including phenoxy) is 1. The lowest BCUT2D eigenvalue weighted by atomic mass is 10.1. The molecule has 2 atom stereocenters. The van der Waals surface area contributed by atoms with Crippen molar-refractivity contribution in [1.82, 2.24) is 5.32 Å². The molecular formula is C14H27NO4S. The Morgan fingerprint density at radius 1 is 1.25 bits per heavy atom. The van der Waals surface area contributed by atoms with Gasteiger partial charge in [-0.2, -0.15) is 12.6 Å². The van der Waals surface area contributed by atoms with Crippen molar-refractivity contribution in [2.24, 2.45) is 0 Å². The molecule has 0 fully saturated rings. The number of hydrogen-bond donors (Lipinski definition) is 3. The highest BCUT2D eigenvalue weighted by Gasteiger charge is 2.22. The molecule has 0 aromatic heterocycles. The van der Waals surface area contributed by atoms with E-state index in [-0.39, 0.29) is 24.4 Å². The van der Waals surface area contributed by atoms with Crippen LogP contribution < -0.4 is 5.32 Å². The summed E-state index contributed by atoms with van der Waals surface area (Å²) in [5, 5.41) is 11.4. The molecule has 118 valence electrons. The lowest BCUT2D eigenvalue weighted by Gasteiger charge is -2.21. The van der Waals surface area contributed by atoms with Crippen LogP contribution in [0.3, 0.4) is 0 Å². The van der Waals surface area contributed by atoms with Crippen molar-refractivity contribution in [3.63, 3.8) is 0 Å². The van der Waals surface area contributed by atoms with Gasteiger partial charge in [0, 0.05) is 19.3 Å².